The summed E-state index contributed by atoms with van der Waals surface area (Å²) in [5, 5.41) is 9.04. The Morgan fingerprint density at radius 3 is 2.32 bits per heavy atom. The highest BCUT2D eigenvalue weighted by atomic mass is 32.2. The van der Waals surface area contributed by atoms with Crippen molar-refractivity contribution in [2.24, 2.45) is 0 Å². The van der Waals surface area contributed by atoms with E-state index in [1.165, 1.54) is 6.07 Å². The molecule has 1 atom stereocenters. The van der Waals surface area contributed by atoms with Gasteiger partial charge in [-0.15, -0.1) is 22.7 Å². The van der Waals surface area contributed by atoms with Gasteiger partial charge in [0.05, 0.1) is 0 Å². The second-order valence-electron chi connectivity index (χ2n) is 5.09. The number of thiophene rings is 2. The van der Waals surface area contributed by atoms with Crippen LogP contribution in [0.25, 0.3) is 0 Å². The molecule has 8 heteroatoms. The van der Waals surface area contributed by atoms with Crippen LogP contribution >= 0.6 is 22.7 Å². The molecule has 1 unspecified atom stereocenters. The summed E-state index contributed by atoms with van der Waals surface area (Å²) in [6.07, 6.45) is 0. The number of carboxylic acids is 1. The number of rotatable bonds is 5. The quantitative estimate of drug-likeness (QED) is 0.856. The fourth-order valence-electron chi connectivity index (χ4n) is 2.23. The Labute approximate surface area is 137 Å². The number of hydrogen-bond donors (Lipinski definition) is 2. The first-order chi connectivity index (χ1) is 10.1. The van der Waals surface area contributed by atoms with E-state index < -0.39 is 16.0 Å². The molecule has 0 aliphatic rings. The molecule has 0 bridgehead atoms. The smallest absolute Gasteiger partial charge is 0.346 e. The van der Waals surface area contributed by atoms with Gasteiger partial charge in [0, 0.05) is 15.8 Å². The molecule has 0 fully saturated rings. The number of carboxylic acid groups (broad SMARTS) is 1. The first-order valence-corrected chi connectivity index (χ1v) is 9.66. The van der Waals surface area contributed by atoms with Crippen LogP contribution in [0.2, 0.25) is 0 Å². The average molecular weight is 359 g/mol. The Balaban J connectivity index is 2.29. The molecular formula is C14H17NO4S3. The lowest BCUT2D eigenvalue weighted by molar-refractivity contribution is 0.0701. The highest BCUT2D eigenvalue weighted by molar-refractivity contribution is 7.91. The van der Waals surface area contributed by atoms with Crippen LogP contribution in [0.3, 0.4) is 0 Å². The van der Waals surface area contributed by atoms with Gasteiger partial charge in [-0.3, -0.25) is 0 Å². The molecule has 2 rings (SSSR count). The lowest BCUT2D eigenvalue weighted by Gasteiger charge is -2.13. The van der Waals surface area contributed by atoms with Crippen LogP contribution in [0, 0.1) is 20.8 Å². The number of hydrogen-bond acceptors (Lipinski definition) is 5. The zero-order valence-electron chi connectivity index (χ0n) is 12.6. The molecule has 0 radical (unpaired) electrons. The number of carbonyl (C=O) groups is 1. The maximum absolute atomic E-state index is 12.4. The van der Waals surface area contributed by atoms with Crippen LogP contribution < -0.4 is 4.72 Å². The van der Waals surface area contributed by atoms with E-state index in [-0.39, 0.29) is 15.1 Å². The molecule has 22 heavy (non-hydrogen) atoms. The summed E-state index contributed by atoms with van der Waals surface area (Å²) in [6.45, 7) is 7.30. The van der Waals surface area contributed by atoms with Crippen molar-refractivity contribution in [2.75, 3.05) is 0 Å². The van der Waals surface area contributed by atoms with Crippen LogP contribution in [0.5, 0.6) is 0 Å². The van der Waals surface area contributed by atoms with Gasteiger partial charge < -0.3 is 5.11 Å². The van der Waals surface area contributed by atoms with E-state index in [2.05, 4.69) is 4.72 Å². The normalized spacial score (nSPS) is 13.3. The van der Waals surface area contributed by atoms with Crippen LogP contribution in [-0.4, -0.2) is 19.5 Å². The van der Waals surface area contributed by atoms with Crippen molar-refractivity contribution in [1.29, 1.82) is 0 Å². The van der Waals surface area contributed by atoms with Gasteiger partial charge in [-0.05, 0) is 51.0 Å². The van der Waals surface area contributed by atoms with E-state index in [9.17, 15) is 13.2 Å². The Morgan fingerprint density at radius 2 is 1.86 bits per heavy atom. The Bertz CT molecular complexity index is 817. The molecule has 2 heterocycles. The Hall–Kier alpha value is -1.22. The maximum Gasteiger partial charge on any atom is 0.346 e. The topological polar surface area (TPSA) is 83.5 Å². The van der Waals surface area contributed by atoms with E-state index in [0.717, 1.165) is 26.7 Å². The molecule has 2 aromatic heterocycles. The molecule has 0 aliphatic carbocycles. The number of sulfonamides is 1. The Kier molecular flexibility index (Phi) is 4.76. The standard InChI is InChI=1S/C14H17NO4S3/c1-7-5-12(21-13(7)14(16)17)22(18,19)15-9(3)11-6-8(2)20-10(11)4/h5-6,9,15H,1-4H3,(H,16,17). The highest BCUT2D eigenvalue weighted by Gasteiger charge is 2.24. The largest absolute Gasteiger partial charge is 0.477 e. The van der Waals surface area contributed by atoms with Crippen molar-refractivity contribution in [3.05, 3.63) is 37.9 Å². The molecule has 0 spiro atoms. The van der Waals surface area contributed by atoms with E-state index in [4.69, 9.17) is 5.11 Å². The predicted octanol–water partition coefficient (Wildman–Crippen LogP) is 3.47. The number of aromatic carboxylic acids is 1. The summed E-state index contributed by atoms with van der Waals surface area (Å²) in [4.78, 5) is 13.3. The summed E-state index contributed by atoms with van der Waals surface area (Å²) in [5.41, 5.74) is 1.39. The molecule has 0 saturated heterocycles. The second kappa shape index (κ2) is 6.11. The van der Waals surface area contributed by atoms with Crippen molar-refractivity contribution in [3.63, 3.8) is 0 Å². The molecule has 0 aromatic carbocycles. The Morgan fingerprint density at radius 1 is 1.23 bits per heavy atom. The predicted molar refractivity (Wildman–Crippen MR) is 88.5 cm³/mol. The van der Waals surface area contributed by atoms with Crippen molar-refractivity contribution in [2.45, 2.75) is 37.9 Å². The van der Waals surface area contributed by atoms with Crippen LogP contribution in [-0.2, 0) is 10.0 Å². The minimum atomic E-state index is -3.74. The minimum Gasteiger partial charge on any atom is -0.477 e. The summed E-state index contributed by atoms with van der Waals surface area (Å²) >= 11 is 2.39. The van der Waals surface area contributed by atoms with Crippen molar-refractivity contribution < 1.29 is 18.3 Å². The van der Waals surface area contributed by atoms with Gasteiger partial charge in [0.25, 0.3) is 10.0 Å². The van der Waals surface area contributed by atoms with E-state index in [1.54, 1.807) is 25.2 Å². The van der Waals surface area contributed by atoms with Gasteiger partial charge >= 0.3 is 5.97 Å². The van der Waals surface area contributed by atoms with Gasteiger partial charge in [-0.1, -0.05) is 0 Å². The van der Waals surface area contributed by atoms with Crippen LogP contribution in [0.15, 0.2) is 16.3 Å². The lowest BCUT2D eigenvalue weighted by Crippen LogP contribution is -2.26. The molecule has 2 N–H and O–H groups in total. The molecule has 5 nitrogen and oxygen atoms in total. The average Bonchev–Trinajstić information content (AvgIpc) is 2.92. The zero-order valence-corrected chi connectivity index (χ0v) is 15.1. The molecule has 2 aromatic rings. The second-order valence-corrected chi connectivity index (χ2v) is 9.55. The molecule has 0 saturated carbocycles. The van der Waals surface area contributed by atoms with Crippen molar-refractivity contribution in [3.8, 4) is 0 Å². The summed E-state index contributed by atoms with van der Waals surface area (Å²) in [7, 11) is -3.74. The molecule has 120 valence electrons. The summed E-state index contributed by atoms with van der Waals surface area (Å²) in [5.74, 6) is -1.11. The van der Waals surface area contributed by atoms with E-state index in [0.29, 0.717) is 5.56 Å². The lowest BCUT2D eigenvalue weighted by atomic mass is 10.1. The van der Waals surface area contributed by atoms with Gasteiger partial charge in [-0.25, -0.2) is 17.9 Å². The third kappa shape index (κ3) is 3.40. The highest BCUT2D eigenvalue weighted by Crippen LogP contribution is 2.30. The van der Waals surface area contributed by atoms with Crippen LogP contribution in [0.1, 0.15) is 43.5 Å². The third-order valence-corrected chi connectivity index (χ3v) is 7.45. The van der Waals surface area contributed by atoms with Gasteiger partial charge in [0.2, 0.25) is 0 Å². The molecule has 0 aliphatic heterocycles. The van der Waals surface area contributed by atoms with Gasteiger partial charge in [0.1, 0.15) is 9.09 Å². The SMILES string of the molecule is Cc1cc(C(C)NS(=O)(=O)c2cc(C)c(C(=O)O)s2)c(C)s1. The molecular weight excluding hydrogens is 342 g/mol. The minimum absolute atomic E-state index is 0.0267. The monoisotopic (exact) mass is 359 g/mol. The summed E-state index contributed by atoms with van der Waals surface area (Å²) < 4.78 is 27.5. The maximum atomic E-state index is 12.4. The number of aryl methyl sites for hydroxylation is 3. The first kappa shape index (κ1) is 17.1. The number of nitrogens with one attached hydrogen (secondary N) is 1. The van der Waals surface area contributed by atoms with Crippen LogP contribution in [0.4, 0.5) is 0 Å². The van der Waals surface area contributed by atoms with Crippen molar-refractivity contribution >= 4 is 38.7 Å². The fourth-order valence-corrected chi connectivity index (χ4v) is 5.87. The first-order valence-electron chi connectivity index (χ1n) is 6.55. The third-order valence-electron chi connectivity index (χ3n) is 3.23. The van der Waals surface area contributed by atoms with Crippen molar-refractivity contribution in [1.82, 2.24) is 4.72 Å². The fraction of sp³-hybridized carbons (Fsp3) is 0.357. The summed E-state index contributed by atoms with van der Waals surface area (Å²) in [6, 6.07) is 3.00. The van der Waals surface area contributed by atoms with E-state index in [1.807, 2.05) is 19.9 Å². The van der Waals surface area contributed by atoms with E-state index >= 15 is 0 Å². The van der Waals surface area contributed by atoms with Gasteiger partial charge in [-0.2, -0.15) is 0 Å². The zero-order chi connectivity index (χ0) is 16.7. The molecule has 0 amide bonds. The van der Waals surface area contributed by atoms with Gasteiger partial charge in [0.15, 0.2) is 0 Å².